The lowest BCUT2D eigenvalue weighted by Crippen LogP contribution is -2.27. The molecule has 0 bridgehead atoms. The minimum absolute atomic E-state index is 0.0505. The third-order valence-corrected chi connectivity index (χ3v) is 12.1. The van der Waals surface area contributed by atoms with Crippen LogP contribution in [0.1, 0.15) is 92.5 Å². The molecule has 15 nitrogen and oxygen atoms in total. The quantitative estimate of drug-likeness (QED) is 0.0254. The van der Waals surface area contributed by atoms with E-state index in [1.807, 2.05) is 13.0 Å². The van der Waals surface area contributed by atoms with E-state index in [0.29, 0.717) is 158 Å². The number of benzene rings is 5. The lowest BCUT2D eigenvalue weighted by Gasteiger charge is -2.26. The Bertz CT molecular complexity index is 2660. The fourth-order valence-electron chi connectivity index (χ4n) is 9.39. The molecule has 344 valence electrons. The third-order valence-electron chi connectivity index (χ3n) is 12.1. The van der Waals surface area contributed by atoms with E-state index in [4.69, 9.17) is 23.7 Å². The second-order valence-electron chi connectivity index (χ2n) is 16.3. The SMILES string of the molecule is COCCOCCCC(=O)CCCNc1c(CCCCC(=O)NCCOCCOC)c2c3c4c(c(OC)c(O)c5c(=O)cc(CO)c(c6c(CO)cc(=O)c1c63)c54)C(C(C)=O)C(C)=C2. The molecular formula is C49H60N2O13. The van der Waals surface area contributed by atoms with Crippen molar-refractivity contribution in [2.45, 2.75) is 84.3 Å². The van der Waals surface area contributed by atoms with Crippen molar-refractivity contribution in [3.8, 4) is 11.5 Å². The van der Waals surface area contributed by atoms with Crippen LogP contribution in [-0.4, -0.2) is 107 Å². The van der Waals surface area contributed by atoms with Crippen molar-refractivity contribution < 1.29 is 53.4 Å². The Hall–Kier alpha value is -5.29. The Labute approximate surface area is 371 Å². The number of rotatable bonds is 27. The average molecular weight is 885 g/mol. The molecule has 0 fully saturated rings. The molecule has 64 heavy (non-hydrogen) atoms. The molecule has 0 spiro atoms. The second kappa shape index (κ2) is 22.1. The number of unbranched alkanes of at least 4 members (excludes halogenated alkanes) is 1. The standard InChI is InChI=1S/C49H60N2O13/c1-27-22-33-32(12-6-7-13-36(58)50-15-17-64-21-19-61-4)47(51-14-8-10-31(55)11-9-16-63-20-18-60-3)41-34(56)23-29(25-52)38-39-30(26-53)24-35(57)42-44(39)45(40(33)43(38)41)46(37(27)28(2)54)49(62-5)48(42)59/h22-24,37,51-53,59H,6-21,25-26H2,1-5H3,(H,50,58). The highest BCUT2D eigenvalue weighted by Gasteiger charge is 2.37. The summed E-state index contributed by atoms with van der Waals surface area (Å²) in [5.74, 6) is -1.76. The molecule has 1 atom stereocenters. The molecule has 0 saturated heterocycles. The summed E-state index contributed by atoms with van der Waals surface area (Å²) in [6.45, 7) is 5.41. The number of ketones is 2. The molecule has 0 radical (unpaired) electrons. The smallest absolute Gasteiger partial charge is 0.220 e. The minimum atomic E-state index is -0.944. The number of phenols is 1. The number of aromatic hydroxyl groups is 1. The van der Waals surface area contributed by atoms with Crippen LogP contribution < -0.4 is 26.2 Å². The van der Waals surface area contributed by atoms with Crippen LogP contribution in [0.15, 0.2) is 27.3 Å². The van der Waals surface area contributed by atoms with Gasteiger partial charge >= 0.3 is 0 Å². The molecule has 0 aromatic heterocycles. The van der Waals surface area contributed by atoms with E-state index in [1.54, 1.807) is 14.2 Å². The van der Waals surface area contributed by atoms with Gasteiger partial charge in [0.1, 0.15) is 11.6 Å². The number of amides is 1. The summed E-state index contributed by atoms with van der Waals surface area (Å²) in [4.78, 5) is 68.4. The van der Waals surface area contributed by atoms with E-state index in [2.05, 4.69) is 10.6 Å². The van der Waals surface area contributed by atoms with Crippen molar-refractivity contribution >= 4 is 72.3 Å². The number of hydrogen-bond acceptors (Lipinski definition) is 14. The molecule has 6 rings (SSSR count). The van der Waals surface area contributed by atoms with Gasteiger partial charge in [0.25, 0.3) is 0 Å². The first kappa shape index (κ1) is 48.2. The number of carbonyl (C=O) groups excluding carboxylic acids is 3. The number of anilines is 1. The number of carbonyl (C=O) groups is 3. The Balaban J connectivity index is 1.55. The number of ether oxygens (including phenoxy) is 5. The van der Waals surface area contributed by atoms with Gasteiger partial charge in [-0.3, -0.25) is 24.0 Å². The van der Waals surface area contributed by atoms with Gasteiger partial charge < -0.3 is 49.6 Å². The maximum Gasteiger partial charge on any atom is 0.220 e. The zero-order valence-corrected chi connectivity index (χ0v) is 37.5. The number of nitrogens with one attached hydrogen (secondary N) is 2. The lowest BCUT2D eigenvalue weighted by atomic mass is 9.78. The predicted molar refractivity (Wildman–Crippen MR) is 246 cm³/mol. The number of allylic oxidation sites excluding steroid dienone is 1. The van der Waals surface area contributed by atoms with Crippen molar-refractivity contribution in [2.24, 2.45) is 0 Å². The average Bonchev–Trinajstić information content (AvgIpc) is 3.40. The van der Waals surface area contributed by atoms with Crippen LogP contribution in [0.5, 0.6) is 11.5 Å². The second-order valence-corrected chi connectivity index (χ2v) is 16.3. The highest BCUT2D eigenvalue weighted by atomic mass is 16.5. The fraction of sp³-hybridized carbons (Fsp3) is 0.490. The number of aliphatic hydroxyl groups is 2. The molecule has 0 heterocycles. The summed E-state index contributed by atoms with van der Waals surface area (Å²) in [5, 5.41) is 42.9. The van der Waals surface area contributed by atoms with E-state index in [1.165, 1.54) is 26.2 Å². The summed E-state index contributed by atoms with van der Waals surface area (Å²) < 4.78 is 26.9. The maximum absolute atomic E-state index is 14.7. The van der Waals surface area contributed by atoms with Gasteiger partial charge in [-0.05, 0) is 102 Å². The van der Waals surface area contributed by atoms with Gasteiger partial charge in [0.2, 0.25) is 5.91 Å². The summed E-state index contributed by atoms with van der Waals surface area (Å²) in [7, 11) is 4.54. The van der Waals surface area contributed by atoms with Crippen molar-refractivity contribution in [2.75, 3.05) is 79.4 Å². The van der Waals surface area contributed by atoms with Crippen LogP contribution in [0.3, 0.4) is 0 Å². The highest BCUT2D eigenvalue weighted by molar-refractivity contribution is 6.39. The van der Waals surface area contributed by atoms with E-state index < -0.39 is 35.7 Å². The van der Waals surface area contributed by atoms with Crippen molar-refractivity contribution in [3.63, 3.8) is 0 Å². The van der Waals surface area contributed by atoms with Crippen LogP contribution in [-0.2, 0) is 53.0 Å². The summed E-state index contributed by atoms with van der Waals surface area (Å²) in [6, 6.07) is 2.61. The van der Waals surface area contributed by atoms with Crippen LogP contribution in [0.4, 0.5) is 5.69 Å². The van der Waals surface area contributed by atoms with Gasteiger partial charge in [0.05, 0.1) is 70.0 Å². The molecule has 1 aliphatic rings. The van der Waals surface area contributed by atoms with Gasteiger partial charge in [0.15, 0.2) is 22.4 Å². The van der Waals surface area contributed by atoms with Gasteiger partial charge in [-0.2, -0.15) is 0 Å². The molecule has 1 unspecified atom stereocenters. The molecule has 5 aromatic rings. The normalized spacial score (nSPS) is 13.7. The van der Waals surface area contributed by atoms with Crippen molar-refractivity contribution in [3.05, 3.63) is 66.0 Å². The van der Waals surface area contributed by atoms with Crippen LogP contribution >= 0.6 is 0 Å². The first-order valence-electron chi connectivity index (χ1n) is 22.0. The zero-order valence-electron chi connectivity index (χ0n) is 37.5. The Morgan fingerprint density at radius 3 is 1.94 bits per heavy atom. The summed E-state index contributed by atoms with van der Waals surface area (Å²) in [5.41, 5.74) is 2.37. The van der Waals surface area contributed by atoms with Crippen molar-refractivity contribution in [1.29, 1.82) is 0 Å². The number of methoxy groups -OCH3 is 3. The first-order valence-corrected chi connectivity index (χ1v) is 22.0. The molecule has 15 heteroatoms. The van der Waals surface area contributed by atoms with Crippen LogP contribution in [0.2, 0.25) is 0 Å². The minimum Gasteiger partial charge on any atom is -0.504 e. The molecule has 0 saturated carbocycles. The summed E-state index contributed by atoms with van der Waals surface area (Å²) >= 11 is 0. The molecule has 1 aliphatic carbocycles. The van der Waals surface area contributed by atoms with E-state index in [-0.39, 0.29) is 46.2 Å². The number of hydrogen-bond donors (Lipinski definition) is 5. The number of fused-ring (bicyclic) bond motifs is 1. The first-order chi connectivity index (χ1) is 30.9. The predicted octanol–water partition coefficient (Wildman–Crippen LogP) is 5.38. The molecule has 0 aliphatic heterocycles. The lowest BCUT2D eigenvalue weighted by molar-refractivity contribution is -0.121. The van der Waals surface area contributed by atoms with E-state index in [0.717, 1.165) is 5.56 Å². The molecule has 5 N–H and O–H groups in total. The Morgan fingerprint density at radius 2 is 1.31 bits per heavy atom. The van der Waals surface area contributed by atoms with Gasteiger partial charge in [-0.25, -0.2) is 0 Å². The topological polar surface area (TPSA) is 216 Å². The Morgan fingerprint density at radius 1 is 0.688 bits per heavy atom. The van der Waals surface area contributed by atoms with Crippen LogP contribution in [0.25, 0.3) is 49.2 Å². The largest absolute Gasteiger partial charge is 0.504 e. The van der Waals surface area contributed by atoms with Gasteiger partial charge in [0, 0.05) is 75.2 Å². The fourth-order valence-corrected chi connectivity index (χ4v) is 9.39. The van der Waals surface area contributed by atoms with Gasteiger partial charge in [-0.1, -0.05) is 11.6 Å². The van der Waals surface area contributed by atoms with E-state index in [9.17, 15) is 39.3 Å². The van der Waals surface area contributed by atoms with Gasteiger partial charge in [-0.15, -0.1) is 0 Å². The molecule has 5 aromatic carbocycles. The molecular weight excluding hydrogens is 825 g/mol. The van der Waals surface area contributed by atoms with Crippen molar-refractivity contribution in [1.82, 2.24) is 5.32 Å². The highest BCUT2D eigenvalue weighted by Crippen LogP contribution is 2.56. The van der Waals surface area contributed by atoms with E-state index >= 15 is 0 Å². The number of aliphatic hydroxyl groups excluding tert-OH is 2. The van der Waals surface area contributed by atoms with Crippen LogP contribution in [0, 0.1) is 0 Å². The number of Topliss-reactive ketones (excluding diaryl/α,β-unsaturated/α-hetero) is 2. The maximum atomic E-state index is 14.7. The third kappa shape index (κ3) is 9.70. The molecule has 1 amide bonds. The Kier molecular flexibility index (Phi) is 16.6. The zero-order chi connectivity index (χ0) is 46.1. The summed E-state index contributed by atoms with van der Waals surface area (Å²) in [6.07, 6.45) is 5.23. The number of phenolic OH excluding ortho intramolecular Hbond substituents is 1. The monoisotopic (exact) mass is 884 g/mol.